The molecule has 8 heteroatoms. The maximum absolute atomic E-state index is 12.8. The van der Waals surface area contributed by atoms with Crippen molar-refractivity contribution < 1.29 is 23.5 Å². The normalized spacial score (nSPS) is 12.6. The third kappa shape index (κ3) is 5.64. The van der Waals surface area contributed by atoms with Gasteiger partial charge < -0.3 is 19.2 Å². The number of rotatable bonds is 8. The van der Waals surface area contributed by atoms with Gasteiger partial charge in [0.1, 0.15) is 12.0 Å². The zero-order valence-electron chi connectivity index (χ0n) is 17.5. The van der Waals surface area contributed by atoms with E-state index in [-0.39, 0.29) is 18.7 Å². The quantitative estimate of drug-likeness (QED) is 0.527. The molecule has 0 bridgehead atoms. The Kier molecular flexibility index (Phi) is 6.97. The van der Waals surface area contributed by atoms with Crippen molar-refractivity contribution in [3.8, 4) is 17.2 Å². The second-order valence-corrected chi connectivity index (χ2v) is 7.63. The Hall–Kier alpha value is -3.32. The largest absolute Gasteiger partial charge is 0.497 e. The number of methoxy groups -OCH3 is 2. The van der Waals surface area contributed by atoms with Crippen molar-refractivity contribution in [2.75, 3.05) is 14.2 Å². The second kappa shape index (κ2) is 9.66. The van der Waals surface area contributed by atoms with Gasteiger partial charge in [0.2, 0.25) is 11.8 Å². The van der Waals surface area contributed by atoms with E-state index >= 15 is 0 Å². The van der Waals surface area contributed by atoms with Gasteiger partial charge in [0, 0.05) is 10.6 Å². The standard InChI is InChI=1S/C23H23ClN2O5/c1-23(13-21(28)30-3,16-5-4-6-19(11-16)29-2)26-20(27)12-18-14-31-22(25-18)15-7-9-17(24)10-8-15/h4-11,14H,12-13H2,1-3H3,(H,26,27)/t23-/m1/s1. The van der Waals surface area contributed by atoms with Crippen LogP contribution in [-0.2, 0) is 26.3 Å². The van der Waals surface area contributed by atoms with E-state index in [0.29, 0.717) is 27.9 Å². The van der Waals surface area contributed by atoms with E-state index in [1.54, 1.807) is 56.5 Å². The highest BCUT2D eigenvalue weighted by Crippen LogP contribution is 2.28. The van der Waals surface area contributed by atoms with Gasteiger partial charge in [-0.15, -0.1) is 0 Å². The number of carbonyl (C=O) groups is 2. The van der Waals surface area contributed by atoms with Crippen molar-refractivity contribution in [1.82, 2.24) is 10.3 Å². The van der Waals surface area contributed by atoms with E-state index in [1.807, 2.05) is 6.07 Å². The number of hydrogen-bond donors (Lipinski definition) is 1. The molecule has 1 heterocycles. The highest BCUT2D eigenvalue weighted by Gasteiger charge is 2.32. The highest BCUT2D eigenvalue weighted by atomic mass is 35.5. The smallest absolute Gasteiger partial charge is 0.308 e. The van der Waals surface area contributed by atoms with Crippen LogP contribution < -0.4 is 10.1 Å². The second-order valence-electron chi connectivity index (χ2n) is 7.19. The molecule has 0 aliphatic heterocycles. The summed E-state index contributed by atoms with van der Waals surface area (Å²) in [4.78, 5) is 29.2. The molecule has 0 unspecified atom stereocenters. The first-order chi connectivity index (χ1) is 14.8. The molecule has 0 radical (unpaired) electrons. The predicted octanol–water partition coefficient (Wildman–Crippen LogP) is 4.14. The van der Waals surface area contributed by atoms with Gasteiger partial charge in [-0.2, -0.15) is 0 Å². The van der Waals surface area contributed by atoms with Crippen LogP contribution >= 0.6 is 11.6 Å². The summed E-state index contributed by atoms with van der Waals surface area (Å²) in [6.07, 6.45) is 1.38. The van der Waals surface area contributed by atoms with Crippen LogP contribution in [0.1, 0.15) is 24.6 Å². The highest BCUT2D eigenvalue weighted by molar-refractivity contribution is 6.30. The Morgan fingerprint density at radius 3 is 2.58 bits per heavy atom. The minimum Gasteiger partial charge on any atom is -0.497 e. The van der Waals surface area contributed by atoms with E-state index in [9.17, 15) is 9.59 Å². The van der Waals surface area contributed by atoms with E-state index in [4.69, 9.17) is 25.5 Å². The lowest BCUT2D eigenvalue weighted by Gasteiger charge is -2.30. The molecule has 1 N–H and O–H groups in total. The average molecular weight is 443 g/mol. The molecule has 3 rings (SSSR count). The number of esters is 1. The van der Waals surface area contributed by atoms with Crippen LogP contribution in [0.3, 0.4) is 0 Å². The Morgan fingerprint density at radius 1 is 1.16 bits per heavy atom. The third-order valence-corrected chi connectivity index (χ3v) is 5.08. The lowest BCUT2D eigenvalue weighted by Crippen LogP contribution is -2.45. The third-order valence-electron chi connectivity index (χ3n) is 4.83. The van der Waals surface area contributed by atoms with Gasteiger partial charge in [-0.3, -0.25) is 9.59 Å². The van der Waals surface area contributed by atoms with Crippen molar-refractivity contribution in [1.29, 1.82) is 0 Å². The topological polar surface area (TPSA) is 90.7 Å². The maximum atomic E-state index is 12.8. The molecule has 162 valence electrons. The molecule has 2 aromatic carbocycles. The van der Waals surface area contributed by atoms with Gasteiger partial charge in [-0.05, 0) is 48.9 Å². The molecule has 0 fully saturated rings. The zero-order valence-corrected chi connectivity index (χ0v) is 18.2. The van der Waals surface area contributed by atoms with Crippen LogP contribution in [0.4, 0.5) is 0 Å². The van der Waals surface area contributed by atoms with Crippen molar-refractivity contribution >= 4 is 23.5 Å². The number of hydrogen-bond acceptors (Lipinski definition) is 6. The molecule has 0 aliphatic carbocycles. The molecular weight excluding hydrogens is 420 g/mol. The van der Waals surface area contributed by atoms with Gasteiger partial charge >= 0.3 is 5.97 Å². The van der Waals surface area contributed by atoms with E-state index in [1.165, 1.54) is 13.4 Å². The van der Waals surface area contributed by atoms with Crippen LogP contribution in [0.15, 0.2) is 59.2 Å². The molecular formula is C23H23ClN2O5. The van der Waals surface area contributed by atoms with Crippen LogP contribution in [0.25, 0.3) is 11.5 Å². The average Bonchev–Trinajstić information content (AvgIpc) is 3.22. The first-order valence-corrected chi connectivity index (χ1v) is 9.93. The molecule has 0 saturated carbocycles. The van der Waals surface area contributed by atoms with Gasteiger partial charge in [-0.25, -0.2) is 4.98 Å². The molecule has 0 saturated heterocycles. The number of nitrogens with one attached hydrogen (secondary N) is 1. The molecule has 1 atom stereocenters. The maximum Gasteiger partial charge on any atom is 0.308 e. The summed E-state index contributed by atoms with van der Waals surface area (Å²) in [7, 11) is 2.86. The summed E-state index contributed by atoms with van der Waals surface area (Å²) in [5.74, 6) is 0.249. The van der Waals surface area contributed by atoms with Crippen LogP contribution in [0.5, 0.6) is 5.75 Å². The zero-order chi connectivity index (χ0) is 22.4. The minimum atomic E-state index is -0.999. The van der Waals surface area contributed by atoms with E-state index in [2.05, 4.69) is 10.3 Å². The van der Waals surface area contributed by atoms with Crippen molar-refractivity contribution in [2.45, 2.75) is 25.3 Å². The number of ether oxygens (including phenoxy) is 2. The fourth-order valence-electron chi connectivity index (χ4n) is 3.18. The van der Waals surface area contributed by atoms with E-state index < -0.39 is 11.5 Å². The van der Waals surface area contributed by atoms with Gasteiger partial charge in [0.25, 0.3) is 0 Å². The van der Waals surface area contributed by atoms with Crippen molar-refractivity contribution in [3.63, 3.8) is 0 Å². The first-order valence-electron chi connectivity index (χ1n) is 9.55. The van der Waals surface area contributed by atoms with Crippen LogP contribution in [0, 0.1) is 0 Å². The van der Waals surface area contributed by atoms with Gasteiger partial charge in [0.05, 0.1) is 38.3 Å². The summed E-state index contributed by atoms with van der Waals surface area (Å²) in [6.45, 7) is 1.76. The summed E-state index contributed by atoms with van der Waals surface area (Å²) in [5, 5.41) is 3.55. The molecule has 0 spiro atoms. The molecule has 1 amide bonds. The van der Waals surface area contributed by atoms with Gasteiger partial charge in [0.15, 0.2) is 0 Å². The number of amides is 1. The number of benzene rings is 2. The summed E-state index contributed by atoms with van der Waals surface area (Å²) >= 11 is 5.91. The van der Waals surface area contributed by atoms with Crippen LogP contribution in [-0.4, -0.2) is 31.1 Å². The number of aromatic nitrogens is 1. The molecule has 7 nitrogen and oxygen atoms in total. The predicted molar refractivity (Wildman–Crippen MR) is 116 cm³/mol. The molecule has 31 heavy (non-hydrogen) atoms. The first kappa shape index (κ1) is 22.4. The van der Waals surface area contributed by atoms with E-state index in [0.717, 1.165) is 5.56 Å². The number of nitrogens with zero attached hydrogens (tertiary/aromatic N) is 1. The number of carbonyl (C=O) groups excluding carboxylic acids is 2. The van der Waals surface area contributed by atoms with Crippen molar-refractivity contribution in [2.24, 2.45) is 0 Å². The fraction of sp³-hybridized carbons (Fsp3) is 0.261. The Labute approximate surface area is 185 Å². The number of oxazole rings is 1. The Bertz CT molecular complexity index is 1060. The lowest BCUT2D eigenvalue weighted by atomic mass is 9.88. The lowest BCUT2D eigenvalue weighted by molar-refractivity contribution is -0.142. The number of halogens is 1. The molecule has 3 aromatic rings. The molecule has 1 aromatic heterocycles. The van der Waals surface area contributed by atoms with Gasteiger partial charge in [-0.1, -0.05) is 23.7 Å². The SMILES string of the molecule is COC(=O)C[C@@](C)(NC(=O)Cc1coc(-c2ccc(Cl)cc2)n1)c1cccc(OC)c1. The fourth-order valence-corrected chi connectivity index (χ4v) is 3.30. The summed E-state index contributed by atoms with van der Waals surface area (Å²) < 4.78 is 15.6. The Morgan fingerprint density at radius 2 is 1.90 bits per heavy atom. The monoisotopic (exact) mass is 442 g/mol. The Balaban J connectivity index is 1.77. The summed E-state index contributed by atoms with van der Waals surface area (Å²) in [6, 6.07) is 14.2. The summed E-state index contributed by atoms with van der Waals surface area (Å²) in [5.41, 5.74) is 0.936. The van der Waals surface area contributed by atoms with Crippen LogP contribution in [0.2, 0.25) is 5.02 Å². The molecule has 0 aliphatic rings. The van der Waals surface area contributed by atoms with Crippen molar-refractivity contribution in [3.05, 3.63) is 71.1 Å². The minimum absolute atomic E-state index is 0.0161.